The molecular weight excluding hydrogens is 437 g/mol. The third-order valence-electron chi connectivity index (χ3n) is 6.21. The summed E-state index contributed by atoms with van der Waals surface area (Å²) in [6.45, 7) is 2.45. The van der Waals surface area contributed by atoms with Crippen molar-refractivity contribution in [1.82, 2.24) is 19.9 Å². The van der Waals surface area contributed by atoms with Gasteiger partial charge in [0.2, 0.25) is 11.8 Å². The highest BCUT2D eigenvalue weighted by Gasteiger charge is 2.45. The number of ether oxygens (including phenoxy) is 1. The van der Waals surface area contributed by atoms with Crippen LogP contribution in [0.4, 0.5) is 13.2 Å². The fourth-order valence-corrected chi connectivity index (χ4v) is 4.66. The van der Waals surface area contributed by atoms with E-state index in [1.165, 1.54) is 18.5 Å². The van der Waals surface area contributed by atoms with Gasteiger partial charge in [0.1, 0.15) is 18.1 Å². The number of carbonyl (C=O) groups excluding carboxylic acids is 1. The van der Waals surface area contributed by atoms with Crippen LogP contribution in [0.1, 0.15) is 40.9 Å². The summed E-state index contributed by atoms with van der Waals surface area (Å²) < 4.78 is 49.8. The molecule has 0 aromatic carbocycles. The fraction of sp³-hybridized carbons (Fsp3) is 0.391. The zero-order valence-corrected chi connectivity index (χ0v) is 17.7. The van der Waals surface area contributed by atoms with Gasteiger partial charge in [0.15, 0.2) is 0 Å². The number of aryl methyl sites for hydroxylation is 1. The third-order valence-corrected chi connectivity index (χ3v) is 6.21. The molecule has 0 N–H and O–H groups in total. The number of hydrogen-bond donors (Lipinski definition) is 0. The first-order valence-electron chi connectivity index (χ1n) is 10.7. The van der Waals surface area contributed by atoms with Gasteiger partial charge in [0.05, 0.1) is 23.4 Å². The van der Waals surface area contributed by atoms with Crippen LogP contribution in [-0.2, 0) is 6.18 Å². The number of halogens is 3. The molecule has 3 atom stereocenters. The summed E-state index contributed by atoms with van der Waals surface area (Å²) in [6, 6.07) is 3.76. The van der Waals surface area contributed by atoms with Crippen LogP contribution in [0.3, 0.4) is 0 Å². The molecule has 0 unspecified atom stereocenters. The Labute approximate surface area is 187 Å². The van der Waals surface area contributed by atoms with E-state index in [2.05, 4.69) is 15.0 Å². The lowest BCUT2D eigenvalue weighted by atomic mass is 9.77. The van der Waals surface area contributed by atoms with Crippen LogP contribution in [0, 0.1) is 12.8 Å². The average Bonchev–Trinajstić information content (AvgIpc) is 3.33. The highest BCUT2D eigenvalue weighted by Crippen LogP contribution is 2.39. The highest BCUT2D eigenvalue weighted by atomic mass is 19.4. The molecule has 1 saturated carbocycles. The zero-order chi connectivity index (χ0) is 23.2. The van der Waals surface area contributed by atoms with Crippen molar-refractivity contribution in [2.45, 2.75) is 44.5 Å². The Kier molecular flexibility index (Phi) is 5.30. The Hall–Kier alpha value is -3.43. The zero-order valence-electron chi connectivity index (χ0n) is 17.7. The first kappa shape index (κ1) is 21.4. The van der Waals surface area contributed by atoms with E-state index in [0.29, 0.717) is 24.4 Å². The predicted molar refractivity (Wildman–Crippen MR) is 110 cm³/mol. The SMILES string of the molecule is Cc1cnc(C(=O)N2C[C@H]3CC[C@H]2[C@H](Oc2ccc(C(F)(F)F)cn2)C3)c(-c2ncco2)c1. The van der Waals surface area contributed by atoms with E-state index in [1.807, 2.05) is 13.0 Å². The number of fused-ring (bicyclic) bond motifs is 3. The molecule has 0 spiro atoms. The van der Waals surface area contributed by atoms with Crippen LogP contribution < -0.4 is 4.74 Å². The second kappa shape index (κ2) is 8.17. The average molecular weight is 458 g/mol. The number of piperidine rings is 2. The summed E-state index contributed by atoms with van der Waals surface area (Å²) in [6.07, 6.45) is 2.93. The Morgan fingerprint density at radius 2 is 2.03 bits per heavy atom. The topological polar surface area (TPSA) is 81.4 Å². The van der Waals surface area contributed by atoms with Crippen molar-refractivity contribution in [1.29, 1.82) is 0 Å². The molecule has 1 amide bonds. The van der Waals surface area contributed by atoms with Crippen LogP contribution in [0.2, 0.25) is 0 Å². The van der Waals surface area contributed by atoms with E-state index in [4.69, 9.17) is 9.15 Å². The van der Waals surface area contributed by atoms with Crippen LogP contribution in [0.25, 0.3) is 11.5 Å². The van der Waals surface area contributed by atoms with E-state index in [1.54, 1.807) is 11.1 Å². The smallest absolute Gasteiger partial charge is 0.417 e. The van der Waals surface area contributed by atoms with Crippen molar-refractivity contribution >= 4 is 5.91 Å². The first-order chi connectivity index (χ1) is 15.8. The maximum atomic E-state index is 13.6. The summed E-state index contributed by atoms with van der Waals surface area (Å²) in [4.78, 5) is 27.7. The molecule has 3 aromatic rings. The van der Waals surface area contributed by atoms with Crippen molar-refractivity contribution in [3.8, 4) is 17.3 Å². The standard InChI is InChI=1S/C23H21F3N4O3/c1-13-8-16(21-27-6-7-32-21)20(29-10-13)22(31)30-12-14-2-4-17(30)18(9-14)33-19-5-3-15(11-28-19)23(24,25)26/h3,5-8,10-11,14,17-18H,2,4,9,12H2,1H3/t14-,17-,18+/m0/s1. The molecule has 10 heteroatoms. The highest BCUT2D eigenvalue weighted by molar-refractivity contribution is 5.98. The molecule has 1 aliphatic carbocycles. The minimum atomic E-state index is -4.46. The van der Waals surface area contributed by atoms with E-state index >= 15 is 0 Å². The normalized spacial score (nSPS) is 22.4. The Morgan fingerprint density at radius 3 is 2.70 bits per heavy atom. The van der Waals surface area contributed by atoms with Gasteiger partial charge in [-0.25, -0.2) is 15.0 Å². The van der Waals surface area contributed by atoms with Gasteiger partial charge in [-0.1, -0.05) is 0 Å². The molecule has 2 aliphatic heterocycles. The maximum absolute atomic E-state index is 13.6. The molecule has 2 bridgehead atoms. The van der Waals surface area contributed by atoms with Crippen LogP contribution in [0.5, 0.6) is 5.88 Å². The van der Waals surface area contributed by atoms with Gasteiger partial charge in [-0.15, -0.1) is 0 Å². The molecule has 2 saturated heterocycles. The van der Waals surface area contributed by atoms with Gasteiger partial charge in [-0.3, -0.25) is 4.79 Å². The van der Waals surface area contributed by atoms with Crippen molar-refractivity contribution in [2.24, 2.45) is 5.92 Å². The number of alkyl halides is 3. The maximum Gasteiger partial charge on any atom is 0.417 e. The molecule has 5 heterocycles. The number of amides is 1. The molecule has 6 rings (SSSR count). The predicted octanol–water partition coefficient (Wildman–Crippen LogP) is 4.53. The third kappa shape index (κ3) is 4.17. The van der Waals surface area contributed by atoms with Crippen LogP contribution in [0.15, 0.2) is 47.5 Å². The number of carbonyl (C=O) groups is 1. The summed E-state index contributed by atoms with van der Waals surface area (Å²) in [5.74, 6) is 0.418. The Morgan fingerprint density at radius 1 is 1.18 bits per heavy atom. The van der Waals surface area contributed by atoms with E-state index in [-0.39, 0.29) is 35.5 Å². The summed E-state index contributed by atoms with van der Waals surface area (Å²) in [5, 5.41) is 0. The van der Waals surface area contributed by atoms with Gasteiger partial charge in [-0.05, 0) is 49.8 Å². The van der Waals surface area contributed by atoms with Crippen molar-refractivity contribution in [3.05, 3.63) is 59.9 Å². The second-order valence-electron chi connectivity index (χ2n) is 8.49. The number of nitrogens with zero attached hydrogens (tertiary/aromatic N) is 4. The summed E-state index contributed by atoms with van der Waals surface area (Å²) >= 11 is 0. The van der Waals surface area contributed by atoms with Crippen molar-refractivity contribution in [2.75, 3.05) is 6.54 Å². The monoisotopic (exact) mass is 458 g/mol. The number of hydrogen-bond acceptors (Lipinski definition) is 6. The lowest BCUT2D eigenvalue weighted by Crippen LogP contribution is -2.59. The second-order valence-corrected chi connectivity index (χ2v) is 8.49. The van der Waals surface area contributed by atoms with Crippen molar-refractivity contribution in [3.63, 3.8) is 0 Å². The number of rotatable bonds is 4. The first-order valence-corrected chi connectivity index (χ1v) is 10.7. The van der Waals surface area contributed by atoms with Crippen LogP contribution in [-0.4, -0.2) is 44.4 Å². The van der Waals surface area contributed by atoms with Gasteiger partial charge in [0.25, 0.3) is 5.91 Å². The van der Waals surface area contributed by atoms with Gasteiger partial charge >= 0.3 is 6.18 Å². The number of oxazole rings is 1. The molecule has 172 valence electrons. The minimum Gasteiger partial charge on any atom is -0.472 e. The minimum absolute atomic E-state index is 0.113. The van der Waals surface area contributed by atoms with Gasteiger partial charge in [0, 0.05) is 25.0 Å². The summed E-state index contributed by atoms with van der Waals surface area (Å²) in [5.41, 5.74) is 0.811. The number of aromatic nitrogens is 3. The van der Waals surface area contributed by atoms with Crippen LogP contribution >= 0.6 is 0 Å². The van der Waals surface area contributed by atoms with Crippen molar-refractivity contribution < 1.29 is 27.1 Å². The van der Waals surface area contributed by atoms with E-state index in [9.17, 15) is 18.0 Å². The number of pyridine rings is 2. The Bertz CT molecular complexity index is 1150. The van der Waals surface area contributed by atoms with Gasteiger partial charge < -0.3 is 14.1 Å². The quantitative estimate of drug-likeness (QED) is 0.572. The Balaban J connectivity index is 1.39. The molecule has 0 radical (unpaired) electrons. The summed E-state index contributed by atoms with van der Waals surface area (Å²) in [7, 11) is 0. The molecule has 3 aliphatic rings. The lowest BCUT2D eigenvalue weighted by molar-refractivity contribution is -0.137. The fourth-order valence-electron chi connectivity index (χ4n) is 4.66. The van der Waals surface area contributed by atoms with E-state index in [0.717, 1.165) is 30.7 Å². The molecule has 3 fully saturated rings. The molecule has 3 aromatic heterocycles. The molecule has 7 nitrogen and oxygen atoms in total. The molecule has 33 heavy (non-hydrogen) atoms. The lowest BCUT2D eigenvalue weighted by Gasteiger charge is -2.49. The molecular formula is C23H21F3N4O3. The van der Waals surface area contributed by atoms with Gasteiger partial charge in [-0.2, -0.15) is 13.2 Å². The van der Waals surface area contributed by atoms with E-state index < -0.39 is 11.7 Å². The largest absolute Gasteiger partial charge is 0.472 e.